The molecule has 1 fully saturated rings. The van der Waals surface area contributed by atoms with Crippen LogP contribution in [0.25, 0.3) is 0 Å². The van der Waals surface area contributed by atoms with Gasteiger partial charge in [-0.2, -0.15) is 0 Å². The Morgan fingerprint density at radius 3 is 3.00 bits per heavy atom. The number of carbonyl (C=O) groups is 1. The summed E-state index contributed by atoms with van der Waals surface area (Å²) in [5.41, 5.74) is 1.14. The van der Waals surface area contributed by atoms with Crippen LogP contribution < -0.4 is 0 Å². The summed E-state index contributed by atoms with van der Waals surface area (Å²) in [4.78, 5) is 14.2. The predicted molar refractivity (Wildman–Crippen MR) is 70.7 cm³/mol. The van der Waals surface area contributed by atoms with Crippen molar-refractivity contribution in [3.05, 3.63) is 53.2 Å². The molecule has 0 aliphatic carbocycles. The van der Waals surface area contributed by atoms with E-state index in [2.05, 4.69) is 5.16 Å². The first-order valence-corrected chi connectivity index (χ1v) is 6.65. The number of amides is 1. The normalized spacial score (nSPS) is 18.5. The second-order valence-corrected chi connectivity index (χ2v) is 5.03. The Bertz CT molecular complexity index is 638. The highest BCUT2D eigenvalue weighted by Crippen LogP contribution is 2.32. The van der Waals surface area contributed by atoms with Crippen LogP contribution in [-0.2, 0) is 0 Å². The number of likely N-dealkylation sites (tertiary alicyclic amines) is 1. The third-order valence-corrected chi connectivity index (χ3v) is 3.57. The van der Waals surface area contributed by atoms with Gasteiger partial charge in [-0.15, -0.1) is 0 Å². The fraction of sp³-hybridized carbons (Fsp3) is 0.333. The minimum atomic E-state index is -0.399. The molecule has 1 atom stereocenters. The zero-order valence-corrected chi connectivity index (χ0v) is 11.2. The number of halogens is 1. The molecule has 0 N–H and O–H groups in total. The van der Waals surface area contributed by atoms with Gasteiger partial charge in [0.15, 0.2) is 0 Å². The highest BCUT2D eigenvalue weighted by molar-refractivity contribution is 5.94. The molecule has 0 spiro atoms. The number of aromatic nitrogens is 1. The van der Waals surface area contributed by atoms with E-state index in [-0.39, 0.29) is 11.9 Å². The van der Waals surface area contributed by atoms with Crippen molar-refractivity contribution in [1.29, 1.82) is 0 Å². The Labute approximate surface area is 116 Å². The maximum absolute atomic E-state index is 13.2. The number of aryl methyl sites for hydroxylation is 1. The molecule has 2 aromatic rings. The van der Waals surface area contributed by atoms with E-state index in [0.29, 0.717) is 12.1 Å². The first-order chi connectivity index (χ1) is 9.65. The minimum absolute atomic E-state index is 0.0804. The highest BCUT2D eigenvalue weighted by Gasteiger charge is 2.32. The van der Waals surface area contributed by atoms with Crippen LogP contribution in [0.2, 0.25) is 0 Å². The van der Waals surface area contributed by atoms with Crippen molar-refractivity contribution < 1.29 is 13.7 Å². The summed E-state index contributed by atoms with van der Waals surface area (Å²) < 4.78 is 18.3. The molecule has 3 rings (SSSR count). The van der Waals surface area contributed by atoms with Crippen LogP contribution in [0.3, 0.4) is 0 Å². The van der Waals surface area contributed by atoms with Crippen LogP contribution in [0.1, 0.15) is 40.7 Å². The fourth-order valence-electron chi connectivity index (χ4n) is 2.65. The molecule has 4 nitrogen and oxygen atoms in total. The molecule has 1 saturated heterocycles. The van der Waals surface area contributed by atoms with Crippen molar-refractivity contribution in [2.75, 3.05) is 6.54 Å². The summed E-state index contributed by atoms with van der Waals surface area (Å²) in [7, 11) is 0. The van der Waals surface area contributed by atoms with Crippen molar-refractivity contribution in [2.45, 2.75) is 25.8 Å². The Morgan fingerprint density at radius 2 is 2.30 bits per heavy atom. The van der Waals surface area contributed by atoms with Gasteiger partial charge in [-0.25, -0.2) is 4.39 Å². The van der Waals surface area contributed by atoms with Crippen molar-refractivity contribution in [2.24, 2.45) is 0 Å². The molecule has 2 heterocycles. The van der Waals surface area contributed by atoms with Crippen molar-refractivity contribution >= 4 is 5.91 Å². The van der Waals surface area contributed by atoms with E-state index in [1.807, 2.05) is 13.0 Å². The van der Waals surface area contributed by atoms with Crippen LogP contribution in [0, 0.1) is 12.7 Å². The largest absolute Gasteiger partial charge is 0.361 e. The summed E-state index contributed by atoms with van der Waals surface area (Å²) in [6, 6.07) is 7.55. The Balaban J connectivity index is 1.87. The van der Waals surface area contributed by atoms with Crippen LogP contribution in [0.4, 0.5) is 4.39 Å². The lowest BCUT2D eigenvalue weighted by Crippen LogP contribution is -2.30. The van der Waals surface area contributed by atoms with Gasteiger partial charge >= 0.3 is 0 Å². The SMILES string of the molecule is Cc1cc([C@@H]2CCCN2C(=O)c2cccc(F)c2)no1. The molecule has 5 heteroatoms. The third kappa shape index (κ3) is 2.31. The summed E-state index contributed by atoms with van der Waals surface area (Å²) in [5, 5.41) is 4.00. The predicted octanol–water partition coefficient (Wildman–Crippen LogP) is 3.10. The number of carbonyl (C=O) groups excluding carboxylic acids is 1. The fourth-order valence-corrected chi connectivity index (χ4v) is 2.65. The second-order valence-electron chi connectivity index (χ2n) is 5.03. The zero-order chi connectivity index (χ0) is 14.1. The Kier molecular flexibility index (Phi) is 3.26. The Morgan fingerprint density at radius 1 is 1.45 bits per heavy atom. The average molecular weight is 274 g/mol. The standard InChI is InChI=1S/C15H15FN2O2/c1-10-8-13(17-20-10)14-6-3-7-18(14)15(19)11-4-2-5-12(16)9-11/h2,4-5,8-9,14H,3,6-7H2,1H3/t14-/m0/s1. The smallest absolute Gasteiger partial charge is 0.254 e. The molecule has 0 saturated carbocycles. The monoisotopic (exact) mass is 274 g/mol. The van der Waals surface area contributed by atoms with Gasteiger partial charge in [0.25, 0.3) is 5.91 Å². The van der Waals surface area contributed by atoms with E-state index in [0.717, 1.165) is 24.3 Å². The number of hydrogen-bond donors (Lipinski definition) is 0. The van der Waals surface area contributed by atoms with Gasteiger partial charge in [0.2, 0.25) is 0 Å². The quantitative estimate of drug-likeness (QED) is 0.845. The average Bonchev–Trinajstić information content (AvgIpc) is 3.06. The van der Waals surface area contributed by atoms with Gasteiger partial charge in [0.05, 0.1) is 6.04 Å². The Hall–Kier alpha value is -2.17. The number of nitrogens with zero attached hydrogens (tertiary/aromatic N) is 2. The van der Waals surface area contributed by atoms with Gasteiger partial charge in [-0.05, 0) is 38.0 Å². The number of hydrogen-bond acceptors (Lipinski definition) is 3. The van der Waals surface area contributed by atoms with E-state index < -0.39 is 5.82 Å². The summed E-state index contributed by atoms with van der Waals surface area (Å²) in [6.45, 7) is 2.48. The lowest BCUT2D eigenvalue weighted by molar-refractivity contribution is 0.0730. The van der Waals surface area contributed by atoms with Crippen molar-refractivity contribution in [3.63, 3.8) is 0 Å². The maximum Gasteiger partial charge on any atom is 0.254 e. The van der Waals surface area contributed by atoms with Crippen LogP contribution in [-0.4, -0.2) is 22.5 Å². The van der Waals surface area contributed by atoms with E-state index in [9.17, 15) is 9.18 Å². The molecule has 1 aromatic heterocycles. The molecule has 1 aliphatic heterocycles. The van der Waals surface area contributed by atoms with E-state index in [4.69, 9.17) is 4.52 Å². The number of benzene rings is 1. The summed E-state index contributed by atoms with van der Waals surface area (Å²) in [6.07, 6.45) is 1.77. The molecule has 104 valence electrons. The van der Waals surface area contributed by atoms with E-state index in [1.54, 1.807) is 17.0 Å². The van der Waals surface area contributed by atoms with Crippen LogP contribution >= 0.6 is 0 Å². The van der Waals surface area contributed by atoms with Gasteiger partial charge < -0.3 is 9.42 Å². The second kappa shape index (κ2) is 5.07. The lowest BCUT2D eigenvalue weighted by Gasteiger charge is -2.23. The van der Waals surface area contributed by atoms with Gasteiger partial charge in [0, 0.05) is 18.2 Å². The van der Waals surface area contributed by atoms with Crippen molar-refractivity contribution in [3.8, 4) is 0 Å². The maximum atomic E-state index is 13.2. The van der Waals surface area contributed by atoms with Crippen molar-refractivity contribution in [1.82, 2.24) is 10.1 Å². The summed E-state index contributed by atoms with van der Waals surface area (Å²) in [5.74, 6) is 0.168. The van der Waals surface area contributed by atoms with Gasteiger partial charge in [0.1, 0.15) is 17.3 Å². The molecule has 0 radical (unpaired) electrons. The zero-order valence-electron chi connectivity index (χ0n) is 11.2. The van der Waals surface area contributed by atoms with E-state index >= 15 is 0 Å². The highest BCUT2D eigenvalue weighted by atomic mass is 19.1. The van der Waals surface area contributed by atoms with Crippen LogP contribution in [0.5, 0.6) is 0 Å². The third-order valence-electron chi connectivity index (χ3n) is 3.57. The molecule has 20 heavy (non-hydrogen) atoms. The molecule has 1 aromatic carbocycles. The summed E-state index contributed by atoms with van der Waals surface area (Å²) >= 11 is 0. The molecular formula is C15H15FN2O2. The van der Waals surface area contributed by atoms with Gasteiger partial charge in [-0.1, -0.05) is 11.2 Å². The van der Waals surface area contributed by atoms with E-state index in [1.165, 1.54) is 12.1 Å². The van der Waals surface area contributed by atoms with Crippen LogP contribution in [0.15, 0.2) is 34.9 Å². The van der Waals surface area contributed by atoms with Gasteiger partial charge in [-0.3, -0.25) is 4.79 Å². The molecule has 1 aliphatic rings. The topological polar surface area (TPSA) is 46.3 Å². The first-order valence-electron chi connectivity index (χ1n) is 6.65. The first kappa shape index (κ1) is 12.8. The molecular weight excluding hydrogens is 259 g/mol. The molecule has 0 unspecified atom stereocenters. The minimum Gasteiger partial charge on any atom is -0.361 e. The molecule has 1 amide bonds. The lowest BCUT2D eigenvalue weighted by atomic mass is 10.1. The molecule has 0 bridgehead atoms. The number of rotatable bonds is 2.